The first-order valence-electron chi connectivity index (χ1n) is 7.59. The Balaban J connectivity index is 1.99. The van der Waals surface area contributed by atoms with E-state index < -0.39 is 17.9 Å². The second-order valence-electron chi connectivity index (χ2n) is 5.44. The summed E-state index contributed by atoms with van der Waals surface area (Å²) in [5, 5.41) is 3.11. The first-order valence-corrected chi connectivity index (χ1v) is 8.41. The lowest BCUT2D eigenvalue weighted by Gasteiger charge is -2.11. The van der Waals surface area contributed by atoms with Crippen molar-refractivity contribution in [3.8, 4) is 0 Å². The molecule has 2 heterocycles. The lowest BCUT2D eigenvalue weighted by molar-refractivity contribution is -0.142. The molecule has 7 nitrogen and oxygen atoms in total. The lowest BCUT2D eigenvalue weighted by atomic mass is 9.99. The summed E-state index contributed by atoms with van der Waals surface area (Å²) in [5.74, 6) is -1.89. The molecule has 1 atom stereocenters. The van der Waals surface area contributed by atoms with Gasteiger partial charge in [0, 0.05) is 17.3 Å². The third kappa shape index (κ3) is 3.12. The molecule has 1 aliphatic carbocycles. The normalized spacial score (nSPS) is 15.4. The number of anilines is 1. The van der Waals surface area contributed by atoms with Gasteiger partial charge in [-0.3, -0.25) is 14.6 Å². The van der Waals surface area contributed by atoms with Crippen molar-refractivity contribution in [3.05, 3.63) is 46.1 Å². The summed E-state index contributed by atoms with van der Waals surface area (Å²) in [5.41, 5.74) is 1.20. The molecule has 1 amide bonds. The van der Waals surface area contributed by atoms with Crippen molar-refractivity contribution in [2.45, 2.75) is 18.8 Å². The van der Waals surface area contributed by atoms with Gasteiger partial charge < -0.3 is 14.8 Å². The second-order valence-corrected chi connectivity index (χ2v) is 6.55. The molecule has 0 fully saturated rings. The van der Waals surface area contributed by atoms with E-state index in [2.05, 4.69) is 10.3 Å². The SMILES string of the molecule is COC(=O)c1c(NC(=O)c2cccnc2)sc2c1C(C(=O)OC)CC2. The van der Waals surface area contributed by atoms with Crippen LogP contribution in [0.5, 0.6) is 0 Å². The second kappa shape index (κ2) is 7.02. The summed E-state index contributed by atoms with van der Waals surface area (Å²) in [6.45, 7) is 0. The van der Waals surface area contributed by atoms with E-state index in [0.29, 0.717) is 29.0 Å². The molecule has 130 valence electrons. The lowest BCUT2D eigenvalue weighted by Crippen LogP contribution is -2.17. The third-order valence-corrected chi connectivity index (χ3v) is 5.24. The Morgan fingerprint density at radius 3 is 2.72 bits per heavy atom. The molecule has 3 rings (SSSR count). The standard InChI is InChI=1S/C17H16N2O5S/c1-23-16(21)10-5-6-11-12(10)13(17(22)24-2)15(25-11)19-14(20)9-4-3-7-18-8-9/h3-4,7-8,10H,5-6H2,1-2H3,(H,19,20). The number of ether oxygens (including phenoxy) is 2. The fourth-order valence-electron chi connectivity index (χ4n) is 2.91. The van der Waals surface area contributed by atoms with Crippen LogP contribution in [0.15, 0.2) is 24.5 Å². The van der Waals surface area contributed by atoms with Crippen molar-refractivity contribution in [1.82, 2.24) is 4.98 Å². The van der Waals surface area contributed by atoms with Crippen LogP contribution in [0.3, 0.4) is 0 Å². The molecule has 2 aromatic rings. The number of hydrogen-bond acceptors (Lipinski definition) is 7. The Morgan fingerprint density at radius 2 is 2.08 bits per heavy atom. The van der Waals surface area contributed by atoms with Crippen LogP contribution in [0.2, 0.25) is 0 Å². The number of nitrogens with zero attached hydrogens (tertiary/aromatic N) is 1. The van der Waals surface area contributed by atoms with Crippen LogP contribution in [0.1, 0.15) is 43.5 Å². The smallest absolute Gasteiger partial charge is 0.341 e. The van der Waals surface area contributed by atoms with Crippen molar-refractivity contribution in [2.24, 2.45) is 0 Å². The predicted molar refractivity (Wildman–Crippen MR) is 90.9 cm³/mol. The van der Waals surface area contributed by atoms with Gasteiger partial charge in [0.25, 0.3) is 5.91 Å². The van der Waals surface area contributed by atoms with Gasteiger partial charge in [0.2, 0.25) is 0 Å². The highest BCUT2D eigenvalue weighted by Gasteiger charge is 2.38. The van der Waals surface area contributed by atoms with E-state index in [4.69, 9.17) is 9.47 Å². The van der Waals surface area contributed by atoms with Crippen LogP contribution < -0.4 is 5.32 Å². The third-order valence-electron chi connectivity index (χ3n) is 4.06. The first-order chi connectivity index (χ1) is 12.1. The highest BCUT2D eigenvalue weighted by atomic mass is 32.1. The molecule has 0 saturated heterocycles. The largest absolute Gasteiger partial charge is 0.469 e. The number of rotatable bonds is 4. The van der Waals surface area contributed by atoms with E-state index in [9.17, 15) is 14.4 Å². The van der Waals surface area contributed by atoms with Crippen LogP contribution in [0.4, 0.5) is 5.00 Å². The number of methoxy groups -OCH3 is 2. The average Bonchev–Trinajstić information content (AvgIpc) is 3.19. The number of hydrogen-bond donors (Lipinski definition) is 1. The molecule has 0 aliphatic heterocycles. The first kappa shape index (κ1) is 17.1. The molecule has 2 aromatic heterocycles. The van der Waals surface area contributed by atoms with E-state index in [1.54, 1.807) is 18.3 Å². The molecule has 0 aromatic carbocycles. The van der Waals surface area contributed by atoms with Crippen molar-refractivity contribution >= 4 is 34.2 Å². The number of aromatic nitrogens is 1. The molecular formula is C17H16N2O5S. The predicted octanol–water partition coefficient (Wildman–Crippen LogP) is 2.38. The number of esters is 2. The molecule has 0 radical (unpaired) electrons. The van der Waals surface area contributed by atoms with Gasteiger partial charge in [0.05, 0.1) is 31.3 Å². The van der Waals surface area contributed by atoms with Gasteiger partial charge in [-0.05, 0) is 30.5 Å². The fraction of sp³-hybridized carbons (Fsp3) is 0.294. The fourth-order valence-corrected chi connectivity index (χ4v) is 4.17. The molecule has 1 N–H and O–H groups in total. The number of carbonyl (C=O) groups is 3. The number of nitrogens with one attached hydrogen (secondary N) is 1. The average molecular weight is 360 g/mol. The molecule has 0 spiro atoms. The van der Waals surface area contributed by atoms with E-state index >= 15 is 0 Å². The van der Waals surface area contributed by atoms with Gasteiger partial charge in [-0.25, -0.2) is 4.79 Å². The number of thiophene rings is 1. The van der Waals surface area contributed by atoms with Crippen molar-refractivity contribution in [2.75, 3.05) is 19.5 Å². The van der Waals surface area contributed by atoms with Crippen LogP contribution in [0.25, 0.3) is 0 Å². The van der Waals surface area contributed by atoms with Gasteiger partial charge in [-0.1, -0.05) is 0 Å². The molecule has 0 bridgehead atoms. The monoisotopic (exact) mass is 360 g/mol. The zero-order valence-electron chi connectivity index (χ0n) is 13.7. The number of fused-ring (bicyclic) bond motifs is 1. The Hall–Kier alpha value is -2.74. The minimum Gasteiger partial charge on any atom is -0.469 e. The quantitative estimate of drug-likeness (QED) is 0.841. The van der Waals surface area contributed by atoms with E-state index in [1.165, 1.54) is 31.8 Å². The summed E-state index contributed by atoms with van der Waals surface area (Å²) in [6, 6.07) is 3.27. The topological polar surface area (TPSA) is 94.6 Å². The van der Waals surface area contributed by atoms with Gasteiger partial charge in [0.1, 0.15) is 5.00 Å². The van der Waals surface area contributed by atoms with Crippen molar-refractivity contribution in [3.63, 3.8) is 0 Å². The Morgan fingerprint density at radius 1 is 1.28 bits per heavy atom. The minimum atomic E-state index is -0.588. The minimum absolute atomic E-state index is 0.229. The summed E-state index contributed by atoms with van der Waals surface area (Å²) in [6.07, 6.45) is 4.23. The van der Waals surface area contributed by atoms with E-state index in [-0.39, 0.29) is 11.5 Å². The van der Waals surface area contributed by atoms with Crippen molar-refractivity contribution < 1.29 is 23.9 Å². The number of aryl methyl sites for hydroxylation is 1. The molecule has 25 heavy (non-hydrogen) atoms. The molecule has 1 unspecified atom stereocenters. The molecule has 8 heteroatoms. The number of carbonyl (C=O) groups excluding carboxylic acids is 3. The van der Waals surface area contributed by atoms with Crippen molar-refractivity contribution in [1.29, 1.82) is 0 Å². The van der Waals surface area contributed by atoms with E-state index in [0.717, 1.165) is 4.88 Å². The maximum Gasteiger partial charge on any atom is 0.341 e. The highest BCUT2D eigenvalue weighted by Crippen LogP contribution is 2.45. The molecule has 1 aliphatic rings. The van der Waals surface area contributed by atoms with Gasteiger partial charge in [-0.15, -0.1) is 11.3 Å². The Kier molecular flexibility index (Phi) is 4.80. The maximum atomic E-state index is 12.4. The van der Waals surface area contributed by atoms with Crippen LogP contribution >= 0.6 is 11.3 Å². The Bertz CT molecular complexity index is 831. The number of pyridine rings is 1. The molecular weight excluding hydrogens is 344 g/mol. The van der Waals surface area contributed by atoms with Gasteiger partial charge >= 0.3 is 11.9 Å². The summed E-state index contributed by atoms with van der Waals surface area (Å²) in [7, 11) is 2.58. The Labute approximate surface area is 148 Å². The van der Waals surface area contributed by atoms with Crippen LogP contribution in [-0.2, 0) is 20.7 Å². The zero-order chi connectivity index (χ0) is 18.0. The maximum absolute atomic E-state index is 12.4. The van der Waals surface area contributed by atoms with Crippen LogP contribution in [0, 0.1) is 0 Å². The summed E-state index contributed by atoms with van der Waals surface area (Å²) < 4.78 is 9.70. The summed E-state index contributed by atoms with van der Waals surface area (Å²) in [4.78, 5) is 41.5. The van der Waals surface area contributed by atoms with Gasteiger partial charge in [0.15, 0.2) is 0 Å². The van der Waals surface area contributed by atoms with E-state index in [1.807, 2.05) is 0 Å². The van der Waals surface area contributed by atoms with Gasteiger partial charge in [-0.2, -0.15) is 0 Å². The van der Waals surface area contributed by atoms with Crippen LogP contribution in [-0.4, -0.2) is 37.0 Å². The highest BCUT2D eigenvalue weighted by molar-refractivity contribution is 7.17. The molecule has 0 saturated carbocycles. The number of amides is 1. The zero-order valence-corrected chi connectivity index (χ0v) is 14.5. The summed E-state index contributed by atoms with van der Waals surface area (Å²) >= 11 is 1.29.